The van der Waals surface area contributed by atoms with Crippen LogP contribution in [0.4, 0.5) is 0 Å². The number of carboxylic acid groups (broad SMARTS) is 1. The zero-order valence-electron chi connectivity index (χ0n) is 8.74. The summed E-state index contributed by atoms with van der Waals surface area (Å²) >= 11 is 3.31. The van der Waals surface area contributed by atoms with Gasteiger partial charge in [0.2, 0.25) is 5.91 Å². The molecule has 5 heteroatoms. The van der Waals surface area contributed by atoms with Crippen LogP contribution < -0.4 is 5.32 Å². The van der Waals surface area contributed by atoms with Crippen LogP contribution in [0.25, 0.3) is 0 Å². The third kappa shape index (κ3) is 3.66. The summed E-state index contributed by atoms with van der Waals surface area (Å²) in [7, 11) is 0. The van der Waals surface area contributed by atoms with E-state index in [0.29, 0.717) is 6.54 Å². The molecule has 0 radical (unpaired) electrons. The van der Waals surface area contributed by atoms with Gasteiger partial charge in [0.15, 0.2) is 0 Å². The number of hydrogen-bond donors (Lipinski definition) is 2. The molecule has 2 N–H and O–H groups in total. The van der Waals surface area contributed by atoms with Crippen LogP contribution in [-0.2, 0) is 16.1 Å². The summed E-state index contributed by atoms with van der Waals surface area (Å²) in [5.74, 6) is -2.62. The van der Waals surface area contributed by atoms with Gasteiger partial charge in [-0.2, -0.15) is 0 Å². The zero-order valence-corrected chi connectivity index (χ0v) is 10.3. The van der Waals surface area contributed by atoms with Crippen molar-refractivity contribution in [1.82, 2.24) is 5.32 Å². The van der Waals surface area contributed by atoms with Crippen molar-refractivity contribution >= 4 is 27.8 Å². The molecule has 0 fully saturated rings. The van der Waals surface area contributed by atoms with Crippen LogP contribution in [0.3, 0.4) is 0 Å². The fourth-order valence-electron chi connectivity index (χ4n) is 1.10. The van der Waals surface area contributed by atoms with Crippen molar-refractivity contribution in [2.24, 2.45) is 5.92 Å². The van der Waals surface area contributed by atoms with Gasteiger partial charge in [-0.1, -0.05) is 28.1 Å². The number of benzene rings is 1. The molecule has 0 aliphatic rings. The summed E-state index contributed by atoms with van der Waals surface area (Å²) in [6.45, 7) is 1.69. The molecule has 0 aliphatic carbocycles. The van der Waals surface area contributed by atoms with Crippen LogP contribution in [0.1, 0.15) is 12.5 Å². The molecule has 0 saturated carbocycles. The van der Waals surface area contributed by atoms with Crippen LogP contribution in [0.2, 0.25) is 0 Å². The molecule has 4 nitrogen and oxygen atoms in total. The minimum Gasteiger partial charge on any atom is -0.481 e. The monoisotopic (exact) mass is 285 g/mol. The summed E-state index contributed by atoms with van der Waals surface area (Å²) in [6, 6.07) is 7.46. The largest absolute Gasteiger partial charge is 0.481 e. The average molecular weight is 286 g/mol. The maximum Gasteiger partial charge on any atom is 0.315 e. The van der Waals surface area contributed by atoms with Gasteiger partial charge >= 0.3 is 5.97 Å². The number of carbonyl (C=O) groups is 2. The van der Waals surface area contributed by atoms with Gasteiger partial charge in [0.05, 0.1) is 0 Å². The zero-order chi connectivity index (χ0) is 12.1. The molecular weight excluding hydrogens is 274 g/mol. The highest BCUT2D eigenvalue weighted by Gasteiger charge is 2.19. The SMILES string of the molecule is CC(C(=O)O)C(=O)NCc1cccc(Br)c1. The predicted octanol–water partition coefficient (Wildman–Crippen LogP) is 1.79. The highest BCUT2D eigenvalue weighted by Crippen LogP contribution is 2.11. The lowest BCUT2D eigenvalue weighted by atomic mass is 10.1. The highest BCUT2D eigenvalue weighted by molar-refractivity contribution is 9.10. The van der Waals surface area contributed by atoms with Crippen molar-refractivity contribution < 1.29 is 14.7 Å². The Morgan fingerprint density at radius 1 is 1.50 bits per heavy atom. The first-order chi connectivity index (χ1) is 7.50. The molecule has 1 unspecified atom stereocenters. The lowest BCUT2D eigenvalue weighted by molar-refractivity contribution is -0.146. The molecule has 0 heterocycles. The first kappa shape index (κ1) is 12.7. The second-order valence-corrected chi connectivity index (χ2v) is 4.32. The summed E-state index contributed by atoms with van der Waals surface area (Å²) in [6.07, 6.45) is 0. The van der Waals surface area contributed by atoms with Gasteiger partial charge in [-0.3, -0.25) is 9.59 Å². The fraction of sp³-hybridized carbons (Fsp3) is 0.273. The molecule has 1 amide bonds. The van der Waals surface area contributed by atoms with Crippen LogP contribution in [0.15, 0.2) is 28.7 Å². The molecule has 86 valence electrons. The third-order valence-corrected chi connectivity index (χ3v) is 2.61. The molecule has 1 rings (SSSR count). The molecule has 0 aromatic heterocycles. The van der Waals surface area contributed by atoms with Crippen molar-refractivity contribution in [3.8, 4) is 0 Å². The Morgan fingerprint density at radius 2 is 2.19 bits per heavy atom. The Morgan fingerprint density at radius 3 is 2.75 bits per heavy atom. The normalized spacial score (nSPS) is 11.9. The Balaban J connectivity index is 2.52. The van der Waals surface area contributed by atoms with E-state index >= 15 is 0 Å². The Hall–Kier alpha value is -1.36. The lowest BCUT2D eigenvalue weighted by Gasteiger charge is -2.08. The molecule has 0 bridgehead atoms. The molecule has 0 saturated heterocycles. The van der Waals surface area contributed by atoms with Gasteiger partial charge in [-0.25, -0.2) is 0 Å². The Labute approximate surface area is 102 Å². The van der Waals surface area contributed by atoms with E-state index in [2.05, 4.69) is 21.2 Å². The molecule has 0 aliphatic heterocycles. The minimum absolute atomic E-state index is 0.329. The van der Waals surface area contributed by atoms with E-state index in [1.165, 1.54) is 6.92 Å². The predicted molar refractivity (Wildman–Crippen MR) is 62.8 cm³/mol. The second-order valence-electron chi connectivity index (χ2n) is 3.41. The first-order valence-corrected chi connectivity index (χ1v) is 5.55. The van der Waals surface area contributed by atoms with E-state index in [4.69, 9.17) is 5.11 Å². The number of rotatable bonds is 4. The van der Waals surface area contributed by atoms with Crippen molar-refractivity contribution in [2.45, 2.75) is 13.5 Å². The second kappa shape index (κ2) is 5.65. The smallest absolute Gasteiger partial charge is 0.315 e. The maximum absolute atomic E-state index is 11.3. The van der Waals surface area contributed by atoms with Crippen molar-refractivity contribution in [3.63, 3.8) is 0 Å². The van der Waals surface area contributed by atoms with Gasteiger partial charge in [0, 0.05) is 11.0 Å². The molecule has 1 atom stereocenters. The van der Waals surface area contributed by atoms with Gasteiger partial charge < -0.3 is 10.4 Å². The van der Waals surface area contributed by atoms with Crippen LogP contribution in [0, 0.1) is 5.92 Å². The van der Waals surface area contributed by atoms with Gasteiger partial charge in [-0.15, -0.1) is 0 Å². The Kier molecular flexibility index (Phi) is 4.49. The van der Waals surface area contributed by atoms with E-state index in [0.717, 1.165) is 10.0 Å². The van der Waals surface area contributed by atoms with Gasteiger partial charge in [0.25, 0.3) is 0 Å². The summed E-state index contributed by atoms with van der Waals surface area (Å²) in [5.41, 5.74) is 0.917. The number of halogens is 1. The van der Waals surface area contributed by atoms with Crippen molar-refractivity contribution in [2.75, 3.05) is 0 Å². The van der Waals surface area contributed by atoms with E-state index in [9.17, 15) is 9.59 Å². The minimum atomic E-state index is -1.12. The molecule has 1 aromatic rings. The lowest BCUT2D eigenvalue weighted by Crippen LogP contribution is -2.33. The maximum atomic E-state index is 11.3. The van der Waals surface area contributed by atoms with E-state index in [1.807, 2.05) is 24.3 Å². The summed E-state index contributed by atoms with van der Waals surface area (Å²) in [5, 5.41) is 11.2. The quantitative estimate of drug-likeness (QED) is 0.829. The summed E-state index contributed by atoms with van der Waals surface area (Å²) < 4.78 is 0.922. The number of amides is 1. The van der Waals surface area contributed by atoms with Crippen LogP contribution >= 0.6 is 15.9 Å². The number of aliphatic carboxylic acids is 1. The van der Waals surface area contributed by atoms with E-state index in [-0.39, 0.29) is 0 Å². The molecular formula is C11H12BrNO3. The van der Waals surface area contributed by atoms with Gasteiger partial charge in [0.1, 0.15) is 5.92 Å². The van der Waals surface area contributed by atoms with Crippen LogP contribution in [-0.4, -0.2) is 17.0 Å². The van der Waals surface area contributed by atoms with Crippen LogP contribution in [0.5, 0.6) is 0 Å². The van der Waals surface area contributed by atoms with E-state index in [1.54, 1.807) is 0 Å². The Bertz CT molecular complexity index is 406. The average Bonchev–Trinajstić information content (AvgIpc) is 2.24. The highest BCUT2D eigenvalue weighted by atomic mass is 79.9. The van der Waals surface area contributed by atoms with Gasteiger partial charge in [-0.05, 0) is 24.6 Å². The fourth-order valence-corrected chi connectivity index (χ4v) is 1.55. The third-order valence-electron chi connectivity index (χ3n) is 2.12. The van der Waals surface area contributed by atoms with Crippen molar-refractivity contribution in [3.05, 3.63) is 34.3 Å². The molecule has 16 heavy (non-hydrogen) atoms. The van der Waals surface area contributed by atoms with Crippen molar-refractivity contribution in [1.29, 1.82) is 0 Å². The number of carboxylic acids is 1. The topological polar surface area (TPSA) is 66.4 Å². The number of nitrogens with one attached hydrogen (secondary N) is 1. The number of carbonyl (C=O) groups excluding carboxylic acids is 1. The molecule has 0 spiro atoms. The first-order valence-electron chi connectivity index (χ1n) is 4.75. The molecule has 1 aromatic carbocycles. The van der Waals surface area contributed by atoms with E-state index < -0.39 is 17.8 Å². The number of hydrogen-bond acceptors (Lipinski definition) is 2. The summed E-state index contributed by atoms with van der Waals surface area (Å²) in [4.78, 5) is 21.9. The standard InChI is InChI=1S/C11H12BrNO3/c1-7(11(15)16)10(14)13-6-8-3-2-4-9(12)5-8/h2-5,7H,6H2,1H3,(H,13,14)(H,15,16).